The first-order valence-corrected chi connectivity index (χ1v) is 7.60. The molecule has 1 aromatic heterocycles. The van der Waals surface area contributed by atoms with Gasteiger partial charge in [0.05, 0.1) is 17.7 Å². The van der Waals surface area contributed by atoms with Gasteiger partial charge in [0, 0.05) is 0 Å². The SMILES string of the molecule is COc1ccccc1NC(=O)COC(=O)Cn1nc(C)c([N+](=O)[O-])c1C. The highest BCUT2D eigenvalue weighted by Gasteiger charge is 2.23. The molecule has 1 N–H and O–H groups in total. The van der Waals surface area contributed by atoms with Crippen LogP contribution in [0.2, 0.25) is 0 Å². The molecule has 0 bridgehead atoms. The van der Waals surface area contributed by atoms with Gasteiger partial charge in [-0.25, -0.2) is 0 Å². The van der Waals surface area contributed by atoms with Gasteiger partial charge in [-0.2, -0.15) is 5.10 Å². The molecule has 0 spiro atoms. The number of carbonyl (C=O) groups excluding carboxylic acids is 2. The van der Waals surface area contributed by atoms with Crippen LogP contribution in [0.4, 0.5) is 11.4 Å². The molecule has 0 atom stereocenters. The summed E-state index contributed by atoms with van der Waals surface area (Å²) in [5.74, 6) is -0.801. The summed E-state index contributed by atoms with van der Waals surface area (Å²) in [6, 6.07) is 6.80. The van der Waals surface area contributed by atoms with Crippen molar-refractivity contribution in [3.8, 4) is 5.75 Å². The number of nitrogens with zero attached hydrogens (tertiary/aromatic N) is 3. The van der Waals surface area contributed by atoms with Gasteiger partial charge in [0.25, 0.3) is 5.91 Å². The van der Waals surface area contributed by atoms with Crippen LogP contribution in [0.1, 0.15) is 11.4 Å². The molecule has 10 nitrogen and oxygen atoms in total. The number of nitrogens with one attached hydrogen (secondary N) is 1. The van der Waals surface area contributed by atoms with E-state index in [1.54, 1.807) is 24.3 Å². The lowest BCUT2D eigenvalue weighted by atomic mass is 10.3. The first kappa shape index (κ1) is 18.9. The fraction of sp³-hybridized carbons (Fsp3) is 0.312. The Hall–Kier alpha value is -3.43. The molecule has 1 aromatic carbocycles. The average Bonchev–Trinajstić information content (AvgIpc) is 2.87. The zero-order chi connectivity index (χ0) is 19.3. The summed E-state index contributed by atoms with van der Waals surface area (Å²) in [6.45, 7) is 2.13. The molecule has 0 saturated carbocycles. The highest BCUT2D eigenvalue weighted by atomic mass is 16.6. The van der Waals surface area contributed by atoms with E-state index in [2.05, 4.69) is 10.4 Å². The zero-order valence-electron chi connectivity index (χ0n) is 14.5. The van der Waals surface area contributed by atoms with Crippen LogP contribution in [0.25, 0.3) is 0 Å². The normalized spacial score (nSPS) is 10.3. The molecule has 138 valence electrons. The van der Waals surface area contributed by atoms with Crippen molar-refractivity contribution in [3.63, 3.8) is 0 Å². The van der Waals surface area contributed by atoms with Gasteiger partial charge in [0.1, 0.15) is 23.7 Å². The molecule has 1 heterocycles. The van der Waals surface area contributed by atoms with Crippen LogP contribution in [-0.2, 0) is 20.9 Å². The molecule has 0 fully saturated rings. The zero-order valence-corrected chi connectivity index (χ0v) is 14.5. The summed E-state index contributed by atoms with van der Waals surface area (Å²) >= 11 is 0. The first-order chi connectivity index (χ1) is 12.3. The predicted octanol–water partition coefficient (Wildman–Crippen LogP) is 1.60. The maximum absolute atomic E-state index is 11.9. The van der Waals surface area contributed by atoms with Gasteiger partial charge < -0.3 is 14.8 Å². The van der Waals surface area contributed by atoms with Gasteiger partial charge in [-0.15, -0.1) is 0 Å². The molecule has 0 unspecified atom stereocenters. The fourth-order valence-corrected chi connectivity index (χ4v) is 2.35. The van der Waals surface area contributed by atoms with Gasteiger partial charge in [-0.05, 0) is 26.0 Å². The molecular weight excluding hydrogens is 344 g/mol. The third-order valence-electron chi connectivity index (χ3n) is 3.55. The number of rotatable bonds is 7. The number of hydrogen-bond acceptors (Lipinski definition) is 7. The van der Waals surface area contributed by atoms with Crippen molar-refractivity contribution >= 4 is 23.3 Å². The van der Waals surface area contributed by atoms with Gasteiger partial charge in [-0.1, -0.05) is 12.1 Å². The van der Waals surface area contributed by atoms with Crippen LogP contribution < -0.4 is 10.1 Å². The number of anilines is 1. The number of para-hydroxylation sites is 2. The van der Waals surface area contributed by atoms with Gasteiger partial charge in [0.2, 0.25) is 0 Å². The molecule has 0 saturated heterocycles. The Morgan fingerprint density at radius 3 is 2.62 bits per heavy atom. The molecule has 0 aliphatic carbocycles. The summed E-state index contributed by atoms with van der Waals surface area (Å²) in [5, 5.41) is 17.5. The number of hydrogen-bond donors (Lipinski definition) is 1. The third-order valence-corrected chi connectivity index (χ3v) is 3.55. The Morgan fingerprint density at radius 1 is 1.31 bits per heavy atom. The highest BCUT2D eigenvalue weighted by molar-refractivity contribution is 5.94. The number of aromatic nitrogens is 2. The van der Waals surface area contributed by atoms with Crippen molar-refractivity contribution in [2.45, 2.75) is 20.4 Å². The Kier molecular flexibility index (Phi) is 5.89. The second kappa shape index (κ2) is 8.10. The molecular formula is C16H18N4O6. The molecule has 2 aromatic rings. The maximum Gasteiger partial charge on any atom is 0.328 e. The Bertz CT molecular complexity index is 845. The molecule has 26 heavy (non-hydrogen) atoms. The van der Waals surface area contributed by atoms with Crippen LogP contribution in [0.3, 0.4) is 0 Å². The predicted molar refractivity (Wildman–Crippen MR) is 90.9 cm³/mol. The lowest BCUT2D eigenvalue weighted by molar-refractivity contribution is -0.386. The van der Waals surface area contributed by atoms with Crippen LogP contribution in [0.5, 0.6) is 5.75 Å². The monoisotopic (exact) mass is 362 g/mol. The number of amides is 1. The van der Waals surface area contributed by atoms with E-state index in [1.807, 2.05) is 0 Å². The van der Waals surface area contributed by atoms with Gasteiger partial charge in [-0.3, -0.25) is 24.4 Å². The second-order valence-electron chi connectivity index (χ2n) is 5.34. The van der Waals surface area contributed by atoms with E-state index >= 15 is 0 Å². The standard InChI is InChI=1S/C16H18N4O6/c1-10-16(20(23)24)11(2)19(18-10)8-15(22)26-9-14(21)17-12-6-4-5-7-13(12)25-3/h4-7H,8-9H2,1-3H3,(H,17,21). The van der Waals surface area contributed by atoms with Crippen molar-refractivity contribution < 1.29 is 24.0 Å². The minimum atomic E-state index is -0.735. The Morgan fingerprint density at radius 2 is 2.00 bits per heavy atom. The molecule has 1 amide bonds. The van der Waals surface area contributed by atoms with Crippen molar-refractivity contribution in [2.75, 3.05) is 19.0 Å². The van der Waals surface area contributed by atoms with Crippen molar-refractivity contribution in [1.82, 2.24) is 9.78 Å². The largest absolute Gasteiger partial charge is 0.495 e. The number of carbonyl (C=O) groups is 2. The van der Waals surface area contributed by atoms with Gasteiger partial charge >= 0.3 is 11.7 Å². The first-order valence-electron chi connectivity index (χ1n) is 7.60. The fourth-order valence-electron chi connectivity index (χ4n) is 2.35. The lowest BCUT2D eigenvalue weighted by Crippen LogP contribution is -2.23. The summed E-state index contributed by atoms with van der Waals surface area (Å²) in [6.07, 6.45) is 0. The summed E-state index contributed by atoms with van der Waals surface area (Å²) in [4.78, 5) is 34.2. The molecule has 2 rings (SSSR count). The van der Waals surface area contributed by atoms with Crippen molar-refractivity contribution in [1.29, 1.82) is 0 Å². The number of aryl methyl sites for hydroxylation is 1. The van der Waals surface area contributed by atoms with Crippen LogP contribution in [-0.4, -0.2) is 40.3 Å². The van der Waals surface area contributed by atoms with Crippen LogP contribution >= 0.6 is 0 Å². The average molecular weight is 362 g/mol. The summed E-state index contributed by atoms with van der Waals surface area (Å²) < 4.78 is 11.2. The molecule has 10 heteroatoms. The lowest BCUT2D eigenvalue weighted by Gasteiger charge is -2.10. The van der Waals surface area contributed by atoms with E-state index in [4.69, 9.17) is 9.47 Å². The number of methoxy groups -OCH3 is 1. The molecule has 0 aliphatic rings. The molecule has 0 radical (unpaired) electrons. The number of esters is 1. The third kappa shape index (κ3) is 4.35. The number of benzene rings is 1. The second-order valence-corrected chi connectivity index (χ2v) is 5.34. The van der Waals surface area contributed by atoms with E-state index < -0.39 is 23.4 Å². The Balaban J connectivity index is 1.92. The van der Waals surface area contributed by atoms with E-state index in [0.717, 1.165) is 0 Å². The van der Waals surface area contributed by atoms with E-state index in [0.29, 0.717) is 11.4 Å². The summed E-state index contributed by atoms with van der Waals surface area (Å²) in [5.41, 5.74) is 0.745. The minimum Gasteiger partial charge on any atom is -0.495 e. The molecule has 0 aliphatic heterocycles. The number of nitro groups is 1. The van der Waals surface area contributed by atoms with Crippen molar-refractivity contribution in [2.24, 2.45) is 0 Å². The number of ether oxygens (including phenoxy) is 2. The smallest absolute Gasteiger partial charge is 0.328 e. The highest BCUT2D eigenvalue weighted by Crippen LogP contribution is 2.23. The van der Waals surface area contributed by atoms with Crippen LogP contribution in [0, 0.1) is 24.0 Å². The topological polar surface area (TPSA) is 126 Å². The maximum atomic E-state index is 11.9. The quantitative estimate of drug-likeness (QED) is 0.450. The van der Waals surface area contributed by atoms with E-state index in [-0.39, 0.29) is 23.6 Å². The van der Waals surface area contributed by atoms with E-state index in [1.165, 1.54) is 25.6 Å². The van der Waals surface area contributed by atoms with Crippen molar-refractivity contribution in [3.05, 3.63) is 45.8 Å². The van der Waals surface area contributed by atoms with Gasteiger partial charge in [0.15, 0.2) is 6.61 Å². The summed E-state index contributed by atoms with van der Waals surface area (Å²) in [7, 11) is 1.47. The van der Waals surface area contributed by atoms with E-state index in [9.17, 15) is 19.7 Å². The Labute approximate surface area is 148 Å². The minimum absolute atomic E-state index is 0.147. The van der Waals surface area contributed by atoms with Crippen LogP contribution in [0.15, 0.2) is 24.3 Å².